The number of carbonyl (C=O) groups excluding carboxylic acids is 2. The number of ether oxygens (including phenoxy) is 2. The van der Waals surface area contributed by atoms with Crippen molar-refractivity contribution in [3.8, 4) is 0 Å². The zero-order chi connectivity index (χ0) is 26.1. The summed E-state index contributed by atoms with van der Waals surface area (Å²) in [6.45, 7) is 8.08. The van der Waals surface area contributed by atoms with E-state index in [1.165, 1.54) is 33.1 Å². The molecule has 3 aromatic rings. The van der Waals surface area contributed by atoms with Crippen LogP contribution in [0, 0.1) is 0 Å². The molecule has 0 radical (unpaired) electrons. The van der Waals surface area contributed by atoms with E-state index in [0.717, 1.165) is 10.9 Å². The molecule has 0 unspecified atom stereocenters. The van der Waals surface area contributed by atoms with Gasteiger partial charge in [-0.3, -0.25) is 0 Å². The fourth-order valence-electron chi connectivity index (χ4n) is 4.39. The zero-order valence-corrected chi connectivity index (χ0v) is 21.7. The number of sulfonamides is 1. The second-order valence-electron chi connectivity index (χ2n) is 9.73. The Labute approximate surface area is 211 Å². The number of benzene rings is 1. The Bertz CT molecular complexity index is 1360. The van der Waals surface area contributed by atoms with Crippen LogP contribution < -0.4 is 0 Å². The van der Waals surface area contributed by atoms with E-state index in [9.17, 15) is 18.0 Å². The van der Waals surface area contributed by atoms with Gasteiger partial charge in [0.2, 0.25) is 10.0 Å². The van der Waals surface area contributed by atoms with Gasteiger partial charge in [-0.05, 0) is 88.4 Å². The number of esters is 1. The summed E-state index contributed by atoms with van der Waals surface area (Å²) < 4.78 is 39.8. The molecule has 4 rings (SSSR count). The molecule has 2 aromatic heterocycles. The first-order chi connectivity index (χ1) is 17.0. The number of hydrogen-bond donors (Lipinski definition) is 0. The minimum Gasteiger partial charge on any atom is -0.462 e. The average Bonchev–Trinajstić information content (AvgIpc) is 3.23. The van der Waals surface area contributed by atoms with Gasteiger partial charge in [0.1, 0.15) is 11.2 Å². The molecule has 0 spiro atoms. The first-order valence-electron chi connectivity index (χ1n) is 12.0. The molecule has 1 aliphatic heterocycles. The first kappa shape index (κ1) is 25.8. The van der Waals surface area contributed by atoms with Crippen LogP contribution in [0.1, 0.15) is 62.4 Å². The smallest absolute Gasteiger partial charge is 0.420 e. The lowest BCUT2D eigenvalue weighted by atomic mass is 9.90. The quantitative estimate of drug-likeness (QED) is 0.460. The summed E-state index contributed by atoms with van der Waals surface area (Å²) in [4.78, 5) is 29.2. The van der Waals surface area contributed by atoms with Crippen LogP contribution in [0.4, 0.5) is 4.79 Å². The van der Waals surface area contributed by atoms with Crippen molar-refractivity contribution in [1.82, 2.24) is 13.9 Å². The summed E-state index contributed by atoms with van der Waals surface area (Å²) in [6, 6.07) is 9.56. The largest absolute Gasteiger partial charge is 0.462 e. The summed E-state index contributed by atoms with van der Waals surface area (Å²) in [5.74, 6) is -0.416. The topological polar surface area (TPSA) is 108 Å². The predicted octanol–water partition coefficient (Wildman–Crippen LogP) is 4.56. The SMILES string of the molecule is CCOC(=O)c1ccc(S(=O)(=O)N2CCC(c3cn(C(=O)OC(C)(C)C)c4ncccc34)CC2)cc1. The third-order valence-corrected chi connectivity index (χ3v) is 7.99. The van der Waals surface area contributed by atoms with Crippen LogP contribution in [0.2, 0.25) is 0 Å². The van der Waals surface area contributed by atoms with Gasteiger partial charge in [0, 0.05) is 30.9 Å². The molecule has 9 nitrogen and oxygen atoms in total. The molecule has 1 aliphatic rings. The third-order valence-electron chi connectivity index (χ3n) is 6.08. The number of piperidine rings is 1. The first-order valence-corrected chi connectivity index (χ1v) is 13.4. The van der Waals surface area contributed by atoms with Gasteiger partial charge in [-0.2, -0.15) is 4.31 Å². The molecule has 0 N–H and O–H groups in total. The van der Waals surface area contributed by atoms with Crippen molar-refractivity contribution in [1.29, 1.82) is 0 Å². The fraction of sp³-hybridized carbons (Fsp3) is 0.423. The van der Waals surface area contributed by atoms with Gasteiger partial charge >= 0.3 is 12.1 Å². The molecule has 0 saturated carbocycles. The number of nitrogens with zero attached hydrogens (tertiary/aromatic N) is 3. The molecule has 0 atom stereocenters. The molecule has 1 aromatic carbocycles. The Balaban J connectivity index is 1.51. The van der Waals surface area contributed by atoms with E-state index >= 15 is 0 Å². The summed E-state index contributed by atoms with van der Waals surface area (Å²) in [6.07, 6.45) is 4.11. The van der Waals surface area contributed by atoms with Gasteiger partial charge in [0.05, 0.1) is 17.1 Å². The van der Waals surface area contributed by atoms with Crippen LogP contribution in [0.25, 0.3) is 11.0 Å². The number of fused-ring (bicyclic) bond motifs is 1. The Kier molecular flexibility index (Phi) is 7.19. The maximum atomic E-state index is 13.2. The molecule has 10 heteroatoms. The van der Waals surface area contributed by atoms with E-state index in [2.05, 4.69) is 4.98 Å². The highest BCUT2D eigenvalue weighted by molar-refractivity contribution is 7.89. The number of aromatic nitrogens is 2. The third kappa shape index (κ3) is 5.29. The number of rotatable bonds is 5. The lowest BCUT2D eigenvalue weighted by Gasteiger charge is -2.31. The number of pyridine rings is 1. The highest BCUT2D eigenvalue weighted by atomic mass is 32.2. The zero-order valence-electron chi connectivity index (χ0n) is 20.9. The number of carbonyl (C=O) groups is 2. The van der Waals surface area contributed by atoms with Crippen molar-refractivity contribution in [2.45, 2.75) is 57.0 Å². The minimum atomic E-state index is -3.70. The van der Waals surface area contributed by atoms with Gasteiger partial charge in [-0.1, -0.05) is 0 Å². The van der Waals surface area contributed by atoms with Crippen LogP contribution in [0.3, 0.4) is 0 Å². The second-order valence-corrected chi connectivity index (χ2v) is 11.7. The summed E-state index contributed by atoms with van der Waals surface area (Å²) in [5, 5.41) is 0.860. The highest BCUT2D eigenvalue weighted by Gasteiger charge is 2.32. The van der Waals surface area contributed by atoms with Gasteiger partial charge in [0.25, 0.3) is 0 Å². The minimum absolute atomic E-state index is 0.0676. The van der Waals surface area contributed by atoms with Crippen LogP contribution in [0.15, 0.2) is 53.7 Å². The standard InChI is InChI=1S/C26H31N3O6S/c1-5-34-24(30)19-8-10-20(11-9-19)36(32,33)28-15-12-18(13-16-28)22-17-29(25(31)35-26(2,3)4)23-21(22)7-6-14-27-23/h6-11,14,17-18H,5,12-13,15-16H2,1-4H3. The van der Waals surface area contributed by atoms with Gasteiger partial charge in [-0.15, -0.1) is 0 Å². The van der Waals surface area contributed by atoms with Crippen LogP contribution in [-0.4, -0.2) is 59.6 Å². The molecule has 1 fully saturated rings. The highest BCUT2D eigenvalue weighted by Crippen LogP contribution is 2.35. The van der Waals surface area contributed by atoms with Crippen molar-refractivity contribution < 1.29 is 27.5 Å². The summed E-state index contributed by atoms with van der Waals surface area (Å²) >= 11 is 0. The van der Waals surface area contributed by atoms with E-state index in [-0.39, 0.29) is 17.4 Å². The molecule has 192 valence electrons. The Morgan fingerprint density at radius 2 is 1.75 bits per heavy atom. The van der Waals surface area contributed by atoms with Crippen LogP contribution in [0.5, 0.6) is 0 Å². The predicted molar refractivity (Wildman–Crippen MR) is 134 cm³/mol. The van der Waals surface area contributed by atoms with Gasteiger partial charge < -0.3 is 9.47 Å². The monoisotopic (exact) mass is 513 g/mol. The second kappa shape index (κ2) is 10.0. The molecule has 1 saturated heterocycles. The fourth-order valence-corrected chi connectivity index (χ4v) is 5.86. The van der Waals surface area contributed by atoms with E-state index in [4.69, 9.17) is 9.47 Å². The molecular formula is C26H31N3O6S. The summed E-state index contributed by atoms with van der Waals surface area (Å²) in [5.41, 5.74) is 1.15. The van der Waals surface area contributed by atoms with Crippen LogP contribution in [-0.2, 0) is 19.5 Å². The Morgan fingerprint density at radius 3 is 2.36 bits per heavy atom. The lowest BCUT2D eigenvalue weighted by molar-refractivity contribution is 0.0521. The van der Waals surface area contributed by atoms with Crippen molar-refractivity contribution in [3.63, 3.8) is 0 Å². The Hall–Kier alpha value is -3.24. The molecule has 0 amide bonds. The average molecular weight is 514 g/mol. The molecule has 0 bridgehead atoms. The van der Waals surface area contributed by atoms with Crippen molar-refractivity contribution >= 4 is 33.1 Å². The van der Waals surface area contributed by atoms with Gasteiger partial charge in [0.15, 0.2) is 0 Å². The molecule has 0 aliphatic carbocycles. The summed E-state index contributed by atoms with van der Waals surface area (Å²) in [7, 11) is -3.70. The normalized spacial score (nSPS) is 15.7. The van der Waals surface area contributed by atoms with Crippen molar-refractivity contribution in [2.75, 3.05) is 19.7 Å². The Morgan fingerprint density at radius 1 is 1.08 bits per heavy atom. The van der Waals surface area contributed by atoms with Crippen LogP contribution >= 0.6 is 0 Å². The number of hydrogen-bond acceptors (Lipinski definition) is 7. The van der Waals surface area contributed by atoms with E-state index in [1.54, 1.807) is 19.3 Å². The van der Waals surface area contributed by atoms with Crippen molar-refractivity contribution in [3.05, 3.63) is 59.9 Å². The van der Waals surface area contributed by atoms with E-state index in [1.807, 2.05) is 32.9 Å². The van der Waals surface area contributed by atoms with Gasteiger partial charge in [-0.25, -0.2) is 27.6 Å². The lowest BCUT2D eigenvalue weighted by Crippen LogP contribution is -2.37. The van der Waals surface area contributed by atoms with Crippen molar-refractivity contribution in [2.24, 2.45) is 0 Å². The molecular weight excluding hydrogens is 482 g/mol. The maximum Gasteiger partial charge on any atom is 0.420 e. The maximum absolute atomic E-state index is 13.2. The van der Waals surface area contributed by atoms with E-state index < -0.39 is 27.7 Å². The molecule has 36 heavy (non-hydrogen) atoms. The molecule has 3 heterocycles. The van der Waals surface area contributed by atoms with E-state index in [0.29, 0.717) is 37.1 Å².